The van der Waals surface area contributed by atoms with Crippen molar-refractivity contribution in [1.82, 2.24) is 24.6 Å². The van der Waals surface area contributed by atoms with Crippen LogP contribution in [0.5, 0.6) is 0 Å². The molecule has 1 spiro atoms. The molecule has 0 amide bonds. The Labute approximate surface area is 201 Å². The van der Waals surface area contributed by atoms with Crippen LogP contribution >= 0.6 is 11.3 Å². The van der Waals surface area contributed by atoms with Gasteiger partial charge in [-0.1, -0.05) is 12.1 Å². The number of aromatic nitrogens is 5. The summed E-state index contributed by atoms with van der Waals surface area (Å²) in [5.41, 5.74) is 16.3. The second-order valence-electron chi connectivity index (χ2n) is 9.58. The van der Waals surface area contributed by atoms with Crippen LogP contribution in [-0.4, -0.2) is 37.7 Å². The molecular formula is C26H25N7S. The van der Waals surface area contributed by atoms with Crippen molar-refractivity contribution in [2.75, 3.05) is 18.0 Å². The maximum atomic E-state index is 6.76. The van der Waals surface area contributed by atoms with E-state index in [0.29, 0.717) is 0 Å². The van der Waals surface area contributed by atoms with Gasteiger partial charge in [0.1, 0.15) is 5.52 Å². The van der Waals surface area contributed by atoms with Gasteiger partial charge in [0.15, 0.2) is 5.82 Å². The van der Waals surface area contributed by atoms with E-state index in [0.717, 1.165) is 66.2 Å². The van der Waals surface area contributed by atoms with Gasteiger partial charge in [-0.2, -0.15) is 5.10 Å². The molecule has 1 aliphatic heterocycles. The highest BCUT2D eigenvalue weighted by molar-refractivity contribution is 7.16. The molecule has 7 rings (SSSR count). The minimum atomic E-state index is 0.0611. The molecule has 0 bridgehead atoms. The summed E-state index contributed by atoms with van der Waals surface area (Å²) in [7, 11) is 0. The Morgan fingerprint density at radius 2 is 1.97 bits per heavy atom. The zero-order valence-corrected chi connectivity index (χ0v) is 19.8. The van der Waals surface area contributed by atoms with Gasteiger partial charge in [-0.15, -0.1) is 11.3 Å². The molecule has 4 aromatic heterocycles. The van der Waals surface area contributed by atoms with Crippen LogP contribution in [0.2, 0.25) is 0 Å². The molecule has 0 saturated carbocycles. The maximum Gasteiger partial charge on any atom is 0.155 e. The second-order valence-corrected chi connectivity index (χ2v) is 10.5. The highest BCUT2D eigenvalue weighted by atomic mass is 32.1. The van der Waals surface area contributed by atoms with Crippen molar-refractivity contribution in [2.24, 2.45) is 11.1 Å². The fraction of sp³-hybridized carbons (Fsp3) is 0.308. The molecule has 34 heavy (non-hydrogen) atoms. The Balaban J connectivity index is 1.23. The molecule has 1 aliphatic carbocycles. The fourth-order valence-electron chi connectivity index (χ4n) is 5.95. The minimum Gasteiger partial charge on any atom is -0.355 e. The largest absolute Gasteiger partial charge is 0.355 e. The number of piperidine rings is 1. The zero-order chi connectivity index (χ0) is 22.9. The summed E-state index contributed by atoms with van der Waals surface area (Å²) in [6, 6.07) is 12.7. The highest BCUT2D eigenvalue weighted by Crippen LogP contribution is 2.50. The number of aryl methyl sites for hydroxylation is 1. The maximum absolute atomic E-state index is 6.76. The Morgan fingerprint density at radius 3 is 2.82 bits per heavy atom. The molecule has 5 aromatic rings. The minimum absolute atomic E-state index is 0.0611. The zero-order valence-electron chi connectivity index (χ0n) is 19.0. The number of hydrogen-bond donors (Lipinski definition) is 1. The quantitative estimate of drug-likeness (QED) is 0.410. The van der Waals surface area contributed by atoms with Crippen molar-refractivity contribution in [3.63, 3.8) is 0 Å². The van der Waals surface area contributed by atoms with Crippen LogP contribution < -0.4 is 10.6 Å². The van der Waals surface area contributed by atoms with E-state index < -0.39 is 0 Å². The van der Waals surface area contributed by atoms with Crippen molar-refractivity contribution in [1.29, 1.82) is 0 Å². The molecular weight excluding hydrogens is 442 g/mol. The fourth-order valence-corrected chi connectivity index (χ4v) is 6.61. The highest BCUT2D eigenvalue weighted by Gasteiger charge is 2.46. The molecule has 8 heteroatoms. The summed E-state index contributed by atoms with van der Waals surface area (Å²) >= 11 is 1.66. The topological polar surface area (TPSA) is 85.2 Å². The number of nitrogens with zero attached hydrogens (tertiary/aromatic N) is 6. The van der Waals surface area contributed by atoms with E-state index in [4.69, 9.17) is 15.8 Å². The lowest BCUT2D eigenvalue weighted by molar-refractivity contribution is 0.187. The number of nitrogens with two attached hydrogens (primary N) is 1. The third kappa shape index (κ3) is 2.85. The lowest BCUT2D eigenvalue weighted by Gasteiger charge is -2.42. The molecule has 2 aliphatic rings. The standard InChI is InChI=1S/C26H25N7S/c1-16-23(17-4-5-22-19(13-17)29-15-34-22)33-21(6-10-30-33)25(31-16)32-11-7-26(8-12-32)14-20-18(24(26)27)3-2-9-28-20/h2-6,9-10,13,15,24H,7-8,11-12,14,27H2,1H3/t24-/m1/s1. The van der Waals surface area contributed by atoms with Gasteiger partial charge in [-0.3, -0.25) is 4.98 Å². The molecule has 0 radical (unpaired) electrons. The summed E-state index contributed by atoms with van der Waals surface area (Å²) in [5, 5.41) is 4.69. The summed E-state index contributed by atoms with van der Waals surface area (Å²) in [5.74, 6) is 1.01. The second kappa shape index (κ2) is 7.32. The van der Waals surface area contributed by atoms with E-state index >= 15 is 0 Å². The number of rotatable bonds is 2. The van der Waals surface area contributed by atoms with E-state index in [2.05, 4.69) is 52.1 Å². The van der Waals surface area contributed by atoms with Gasteiger partial charge < -0.3 is 10.6 Å². The molecule has 7 nitrogen and oxygen atoms in total. The van der Waals surface area contributed by atoms with Crippen molar-refractivity contribution >= 4 is 32.9 Å². The molecule has 0 unspecified atom stereocenters. The van der Waals surface area contributed by atoms with Gasteiger partial charge in [0.25, 0.3) is 0 Å². The monoisotopic (exact) mass is 467 g/mol. The molecule has 1 atom stereocenters. The van der Waals surface area contributed by atoms with E-state index in [1.165, 1.54) is 16.0 Å². The van der Waals surface area contributed by atoms with Crippen LogP contribution in [0, 0.1) is 12.3 Å². The summed E-state index contributed by atoms with van der Waals surface area (Å²) in [4.78, 5) is 16.6. The average Bonchev–Trinajstić information content (AvgIpc) is 3.58. The average molecular weight is 468 g/mol. The summed E-state index contributed by atoms with van der Waals surface area (Å²) < 4.78 is 3.23. The number of hydrogen-bond acceptors (Lipinski definition) is 7. The molecule has 1 aromatic carbocycles. The first kappa shape index (κ1) is 20.1. The Kier molecular flexibility index (Phi) is 4.32. The number of fused-ring (bicyclic) bond motifs is 3. The van der Waals surface area contributed by atoms with Crippen LogP contribution in [-0.2, 0) is 6.42 Å². The van der Waals surface area contributed by atoms with Gasteiger partial charge in [-0.25, -0.2) is 14.5 Å². The van der Waals surface area contributed by atoms with Crippen LogP contribution in [0.3, 0.4) is 0 Å². The van der Waals surface area contributed by atoms with Gasteiger partial charge in [0, 0.05) is 36.6 Å². The van der Waals surface area contributed by atoms with Gasteiger partial charge in [0.2, 0.25) is 0 Å². The molecule has 2 N–H and O–H groups in total. The summed E-state index contributed by atoms with van der Waals surface area (Å²) in [6.07, 6.45) is 6.80. The van der Waals surface area contributed by atoms with Gasteiger partial charge in [0.05, 0.1) is 33.3 Å². The number of thiazole rings is 1. The third-order valence-electron chi connectivity index (χ3n) is 7.80. The molecule has 5 heterocycles. The van der Waals surface area contributed by atoms with Gasteiger partial charge in [-0.05, 0) is 61.4 Å². The molecule has 170 valence electrons. The first-order valence-corrected chi connectivity index (χ1v) is 12.6. The molecule has 1 fully saturated rings. The van der Waals surface area contributed by atoms with Crippen LogP contribution in [0.4, 0.5) is 5.82 Å². The van der Waals surface area contributed by atoms with Crippen molar-refractivity contribution in [2.45, 2.75) is 32.2 Å². The summed E-state index contributed by atoms with van der Waals surface area (Å²) in [6.45, 7) is 3.93. The van der Waals surface area contributed by atoms with Gasteiger partial charge >= 0.3 is 0 Å². The predicted molar refractivity (Wildman–Crippen MR) is 135 cm³/mol. The first-order chi connectivity index (χ1) is 16.6. The van der Waals surface area contributed by atoms with Crippen molar-refractivity contribution in [3.8, 4) is 11.3 Å². The van der Waals surface area contributed by atoms with Crippen molar-refractivity contribution in [3.05, 3.63) is 71.3 Å². The lowest BCUT2D eigenvalue weighted by Crippen LogP contribution is -2.44. The third-order valence-corrected chi connectivity index (χ3v) is 8.61. The number of benzene rings is 1. The Bertz CT molecular complexity index is 1540. The Morgan fingerprint density at radius 1 is 1.09 bits per heavy atom. The van der Waals surface area contributed by atoms with E-state index in [9.17, 15) is 0 Å². The SMILES string of the molecule is Cc1nc(N2CCC3(CC2)Cc2ncccc2[C@H]3N)c2ccnn2c1-c1ccc2scnc2c1. The van der Waals surface area contributed by atoms with Crippen LogP contribution in [0.15, 0.2) is 54.3 Å². The normalized spacial score (nSPS) is 19.4. The number of pyridine rings is 1. The van der Waals surface area contributed by atoms with Crippen LogP contribution in [0.1, 0.15) is 35.8 Å². The Hall–Kier alpha value is -3.36. The smallest absolute Gasteiger partial charge is 0.155 e. The molecule has 1 saturated heterocycles. The van der Waals surface area contributed by atoms with E-state index in [1.807, 2.05) is 28.5 Å². The predicted octanol–water partition coefficient (Wildman–Crippen LogP) is 4.55. The first-order valence-electron chi connectivity index (χ1n) is 11.8. The number of anilines is 1. The van der Waals surface area contributed by atoms with E-state index in [1.54, 1.807) is 11.3 Å². The lowest BCUT2D eigenvalue weighted by atomic mass is 9.73. The van der Waals surface area contributed by atoms with Crippen LogP contribution in [0.25, 0.3) is 27.0 Å². The van der Waals surface area contributed by atoms with Crippen molar-refractivity contribution < 1.29 is 0 Å². The van der Waals surface area contributed by atoms with E-state index in [-0.39, 0.29) is 11.5 Å².